The van der Waals surface area contributed by atoms with Gasteiger partial charge in [-0.15, -0.1) is 12.4 Å². The van der Waals surface area contributed by atoms with E-state index in [4.69, 9.17) is 14.5 Å². The number of aliphatic imine (C=N–C) groups is 1. The standard InChI is InChI=1S/C15H17NO2.ClH/c1-17-10-5-6-13-11(8-10)12-9-16-14-4-2-3-7-15(12,14)18-13;/h5-6,8,12H,2-4,7,9H2,1H3;1H. The van der Waals surface area contributed by atoms with Crippen molar-refractivity contribution in [3.05, 3.63) is 23.8 Å². The summed E-state index contributed by atoms with van der Waals surface area (Å²) >= 11 is 0. The Hall–Kier alpha value is -1.22. The molecule has 2 atom stereocenters. The van der Waals surface area contributed by atoms with Crippen molar-refractivity contribution in [1.82, 2.24) is 0 Å². The fourth-order valence-electron chi connectivity index (χ4n) is 3.72. The summed E-state index contributed by atoms with van der Waals surface area (Å²) in [4.78, 5) is 4.74. The molecule has 1 aliphatic carbocycles. The molecule has 19 heavy (non-hydrogen) atoms. The number of ether oxygens (including phenoxy) is 2. The summed E-state index contributed by atoms with van der Waals surface area (Å²) in [6, 6.07) is 6.16. The predicted molar refractivity (Wildman–Crippen MR) is 77.1 cm³/mol. The van der Waals surface area contributed by atoms with Crippen LogP contribution in [0.3, 0.4) is 0 Å². The number of methoxy groups -OCH3 is 1. The smallest absolute Gasteiger partial charge is 0.155 e. The molecular formula is C15H18ClNO2. The molecule has 3 nitrogen and oxygen atoms in total. The molecule has 4 heteroatoms. The average Bonchev–Trinajstić information content (AvgIpc) is 2.90. The highest BCUT2D eigenvalue weighted by Crippen LogP contribution is 2.53. The van der Waals surface area contributed by atoms with Crippen molar-refractivity contribution in [2.24, 2.45) is 4.99 Å². The number of benzene rings is 1. The maximum atomic E-state index is 6.34. The van der Waals surface area contributed by atoms with Gasteiger partial charge in [-0.2, -0.15) is 0 Å². The van der Waals surface area contributed by atoms with Gasteiger partial charge < -0.3 is 9.47 Å². The van der Waals surface area contributed by atoms with Crippen LogP contribution in [0.4, 0.5) is 0 Å². The number of rotatable bonds is 1. The summed E-state index contributed by atoms with van der Waals surface area (Å²) in [6.45, 7) is 0.884. The quantitative estimate of drug-likeness (QED) is 0.789. The molecule has 0 bridgehead atoms. The van der Waals surface area contributed by atoms with Crippen LogP contribution in [0.5, 0.6) is 11.5 Å². The maximum Gasteiger partial charge on any atom is 0.155 e. The molecule has 2 heterocycles. The van der Waals surface area contributed by atoms with Gasteiger partial charge in [0.25, 0.3) is 0 Å². The number of hydrogen-bond acceptors (Lipinski definition) is 3. The topological polar surface area (TPSA) is 30.8 Å². The predicted octanol–water partition coefficient (Wildman–Crippen LogP) is 3.36. The molecular weight excluding hydrogens is 262 g/mol. The first-order chi connectivity index (χ1) is 8.83. The minimum atomic E-state index is -0.104. The second-order valence-electron chi connectivity index (χ2n) is 5.44. The number of halogens is 1. The van der Waals surface area contributed by atoms with Gasteiger partial charge in [-0.25, -0.2) is 0 Å². The lowest BCUT2D eigenvalue weighted by Gasteiger charge is -2.34. The van der Waals surface area contributed by atoms with E-state index in [2.05, 4.69) is 6.07 Å². The molecule has 0 radical (unpaired) electrons. The van der Waals surface area contributed by atoms with Crippen LogP contribution in [-0.4, -0.2) is 25.0 Å². The Bertz CT molecular complexity index is 543. The van der Waals surface area contributed by atoms with E-state index in [9.17, 15) is 0 Å². The third-order valence-electron chi connectivity index (χ3n) is 4.61. The van der Waals surface area contributed by atoms with Gasteiger partial charge in [-0.3, -0.25) is 4.99 Å². The summed E-state index contributed by atoms with van der Waals surface area (Å²) in [5.41, 5.74) is 2.48. The Labute approximate surface area is 119 Å². The number of fused-ring (bicyclic) bond motifs is 2. The first kappa shape index (κ1) is 12.8. The summed E-state index contributed by atoms with van der Waals surface area (Å²) in [6.07, 6.45) is 4.74. The van der Waals surface area contributed by atoms with Crippen molar-refractivity contribution in [1.29, 1.82) is 0 Å². The molecule has 2 aliphatic heterocycles. The Balaban J connectivity index is 0.00000110. The summed E-state index contributed by atoms with van der Waals surface area (Å²) in [5.74, 6) is 2.37. The molecule has 0 amide bonds. The van der Waals surface area contributed by atoms with E-state index in [0.717, 1.165) is 30.9 Å². The first-order valence-corrected chi connectivity index (χ1v) is 6.74. The third-order valence-corrected chi connectivity index (χ3v) is 4.61. The molecule has 1 aromatic carbocycles. The van der Waals surface area contributed by atoms with Crippen LogP contribution < -0.4 is 9.47 Å². The van der Waals surface area contributed by atoms with Crippen molar-refractivity contribution in [3.8, 4) is 11.5 Å². The van der Waals surface area contributed by atoms with Gasteiger partial charge in [-0.1, -0.05) is 0 Å². The molecule has 0 N–H and O–H groups in total. The maximum absolute atomic E-state index is 6.34. The SMILES string of the molecule is COc1ccc2c(c1)C1CN=C3CCCCC31O2.Cl. The van der Waals surface area contributed by atoms with Crippen LogP contribution in [0.25, 0.3) is 0 Å². The molecule has 1 saturated carbocycles. The van der Waals surface area contributed by atoms with E-state index < -0.39 is 0 Å². The van der Waals surface area contributed by atoms with Gasteiger partial charge >= 0.3 is 0 Å². The summed E-state index contributed by atoms with van der Waals surface area (Å²) in [7, 11) is 1.71. The minimum absolute atomic E-state index is 0. The van der Waals surface area contributed by atoms with Gasteiger partial charge in [0.05, 0.1) is 25.3 Å². The lowest BCUT2D eigenvalue weighted by Crippen LogP contribution is -2.45. The number of nitrogens with zero attached hydrogens (tertiary/aromatic N) is 1. The highest BCUT2D eigenvalue weighted by Gasteiger charge is 2.55. The van der Waals surface area contributed by atoms with E-state index in [-0.39, 0.29) is 18.0 Å². The second-order valence-corrected chi connectivity index (χ2v) is 5.44. The van der Waals surface area contributed by atoms with Crippen molar-refractivity contribution >= 4 is 18.1 Å². The van der Waals surface area contributed by atoms with Crippen molar-refractivity contribution in [3.63, 3.8) is 0 Å². The minimum Gasteiger partial charge on any atom is -0.497 e. The lowest BCUT2D eigenvalue weighted by atomic mass is 9.75. The van der Waals surface area contributed by atoms with Crippen molar-refractivity contribution in [2.75, 3.05) is 13.7 Å². The second kappa shape index (κ2) is 4.41. The highest BCUT2D eigenvalue weighted by molar-refractivity contribution is 5.97. The molecule has 4 rings (SSSR count). The molecule has 0 aromatic heterocycles. The van der Waals surface area contributed by atoms with Crippen molar-refractivity contribution < 1.29 is 9.47 Å². The van der Waals surface area contributed by atoms with Crippen molar-refractivity contribution in [2.45, 2.75) is 37.2 Å². The molecule has 1 spiro atoms. The summed E-state index contributed by atoms with van der Waals surface area (Å²) in [5, 5.41) is 0. The van der Waals surface area contributed by atoms with Gasteiger partial charge in [0.2, 0.25) is 0 Å². The van der Waals surface area contributed by atoms with Crippen LogP contribution in [0, 0.1) is 0 Å². The molecule has 3 aliphatic rings. The number of hydrogen-bond donors (Lipinski definition) is 0. The highest BCUT2D eigenvalue weighted by atomic mass is 35.5. The van der Waals surface area contributed by atoms with Gasteiger partial charge in [0.15, 0.2) is 5.60 Å². The zero-order chi connectivity index (χ0) is 12.2. The molecule has 1 fully saturated rings. The fourth-order valence-corrected chi connectivity index (χ4v) is 3.72. The van der Waals surface area contributed by atoms with E-state index in [0.29, 0.717) is 5.92 Å². The lowest BCUT2D eigenvalue weighted by molar-refractivity contribution is 0.129. The Kier molecular flexibility index (Phi) is 2.97. The summed E-state index contributed by atoms with van der Waals surface area (Å²) < 4.78 is 11.7. The molecule has 102 valence electrons. The zero-order valence-corrected chi connectivity index (χ0v) is 11.8. The largest absolute Gasteiger partial charge is 0.497 e. The molecule has 2 unspecified atom stereocenters. The zero-order valence-electron chi connectivity index (χ0n) is 11.0. The van der Waals surface area contributed by atoms with Gasteiger partial charge in [0.1, 0.15) is 11.5 Å². The van der Waals surface area contributed by atoms with Gasteiger partial charge in [0, 0.05) is 5.56 Å². The third kappa shape index (κ3) is 1.61. The van der Waals surface area contributed by atoms with Crippen LogP contribution in [0.1, 0.15) is 37.2 Å². The fraction of sp³-hybridized carbons (Fsp3) is 0.533. The Morgan fingerprint density at radius 1 is 1.37 bits per heavy atom. The van der Waals surface area contributed by atoms with E-state index in [1.807, 2.05) is 12.1 Å². The van der Waals surface area contributed by atoms with E-state index in [1.54, 1.807) is 7.11 Å². The Morgan fingerprint density at radius 2 is 2.26 bits per heavy atom. The molecule has 0 saturated heterocycles. The normalized spacial score (nSPS) is 30.4. The van der Waals surface area contributed by atoms with Crippen LogP contribution >= 0.6 is 12.4 Å². The first-order valence-electron chi connectivity index (χ1n) is 6.74. The van der Waals surface area contributed by atoms with Gasteiger partial charge in [-0.05, 0) is 43.9 Å². The molecule has 1 aromatic rings. The average molecular weight is 280 g/mol. The monoisotopic (exact) mass is 279 g/mol. The van der Waals surface area contributed by atoms with Crippen LogP contribution in [-0.2, 0) is 0 Å². The Morgan fingerprint density at radius 3 is 3.11 bits per heavy atom. The van der Waals surface area contributed by atoms with Crippen LogP contribution in [0.15, 0.2) is 23.2 Å². The van der Waals surface area contributed by atoms with E-state index >= 15 is 0 Å². The van der Waals surface area contributed by atoms with E-state index in [1.165, 1.54) is 24.1 Å². The van der Waals surface area contributed by atoms with Crippen LogP contribution in [0.2, 0.25) is 0 Å².